The van der Waals surface area contributed by atoms with E-state index in [1.54, 1.807) is 0 Å². The lowest BCUT2D eigenvalue weighted by Gasteiger charge is -2.08. The number of methoxy groups -OCH3 is 1. The molecule has 1 aromatic carbocycles. The molecule has 0 spiro atoms. The zero-order valence-corrected chi connectivity index (χ0v) is 9.54. The second kappa shape index (κ2) is 6.07. The summed E-state index contributed by atoms with van der Waals surface area (Å²) in [5, 5.41) is 10.4. The predicted octanol–water partition coefficient (Wildman–Crippen LogP) is 3.65. The van der Waals surface area contributed by atoms with Crippen LogP contribution in [0, 0.1) is 10.1 Å². The molecule has 0 fully saturated rings. The monoisotopic (exact) mass is 251 g/mol. The van der Waals surface area contributed by atoms with Gasteiger partial charge in [0.2, 0.25) is 0 Å². The molecule has 4 nitrogen and oxygen atoms in total. The van der Waals surface area contributed by atoms with Crippen molar-refractivity contribution in [3.8, 4) is 5.75 Å². The van der Waals surface area contributed by atoms with Crippen molar-refractivity contribution < 1.29 is 22.8 Å². The minimum Gasteiger partial charge on any atom is -0.497 e. The van der Waals surface area contributed by atoms with Crippen LogP contribution in [0.5, 0.6) is 5.75 Å². The van der Waals surface area contributed by atoms with E-state index in [1.807, 2.05) is 13.8 Å². The third-order valence-corrected chi connectivity index (χ3v) is 1.71. The van der Waals surface area contributed by atoms with Gasteiger partial charge in [-0.3, -0.25) is 10.1 Å². The molecule has 0 radical (unpaired) electrons. The summed E-state index contributed by atoms with van der Waals surface area (Å²) in [5.74, 6) is 0.00898. The van der Waals surface area contributed by atoms with Crippen molar-refractivity contribution in [2.75, 3.05) is 7.11 Å². The largest absolute Gasteiger partial charge is 0.497 e. The summed E-state index contributed by atoms with van der Waals surface area (Å²) in [4.78, 5) is 9.29. The molecule has 0 bridgehead atoms. The van der Waals surface area contributed by atoms with E-state index in [4.69, 9.17) is 0 Å². The fourth-order valence-corrected chi connectivity index (χ4v) is 1.03. The predicted molar refractivity (Wildman–Crippen MR) is 56.0 cm³/mol. The first-order valence-electron chi connectivity index (χ1n) is 4.76. The highest BCUT2D eigenvalue weighted by molar-refractivity contribution is 5.47. The Morgan fingerprint density at radius 1 is 1.29 bits per heavy atom. The minimum absolute atomic E-state index is 0.00898. The van der Waals surface area contributed by atoms with Crippen LogP contribution in [0.4, 0.5) is 18.9 Å². The molecule has 0 N–H and O–H groups in total. The van der Waals surface area contributed by atoms with Crippen molar-refractivity contribution in [2.45, 2.75) is 20.0 Å². The van der Waals surface area contributed by atoms with E-state index in [0.29, 0.717) is 6.07 Å². The summed E-state index contributed by atoms with van der Waals surface area (Å²) >= 11 is 0. The number of hydrogen-bond donors (Lipinski definition) is 0. The number of nitro benzene ring substituents is 1. The van der Waals surface area contributed by atoms with E-state index in [9.17, 15) is 23.3 Å². The molecule has 0 unspecified atom stereocenters. The lowest BCUT2D eigenvalue weighted by Crippen LogP contribution is -2.08. The van der Waals surface area contributed by atoms with Gasteiger partial charge in [0.05, 0.1) is 18.1 Å². The average Bonchev–Trinajstić information content (AvgIpc) is 2.29. The van der Waals surface area contributed by atoms with Gasteiger partial charge in [-0.05, 0) is 12.1 Å². The Balaban J connectivity index is 0.00000121. The van der Waals surface area contributed by atoms with Gasteiger partial charge in [-0.2, -0.15) is 13.2 Å². The fraction of sp³-hybridized carbons (Fsp3) is 0.400. The van der Waals surface area contributed by atoms with Crippen molar-refractivity contribution >= 4 is 5.69 Å². The van der Waals surface area contributed by atoms with Crippen LogP contribution in [0.1, 0.15) is 19.4 Å². The first-order chi connectivity index (χ1) is 7.86. The smallest absolute Gasteiger partial charge is 0.423 e. The maximum absolute atomic E-state index is 12.3. The van der Waals surface area contributed by atoms with Crippen LogP contribution < -0.4 is 4.74 Å². The van der Waals surface area contributed by atoms with E-state index in [2.05, 4.69) is 4.74 Å². The second-order valence-corrected chi connectivity index (χ2v) is 2.64. The highest BCUT2D eigenvalue weighted by Gasteiger charge is 2.38. The summed E-state index contributed by atoms with van der Waals surface area (Å²) < 4.78 is 41.5. The molecule has 0 saturated carbocycles. The summed E-state index contributed by atoms with van der Waals surface area (Å²) in [6.45, 7) is 4.00. The van der Waals surface area contributed by atoms with Gasteiger partial charge >= 0.3 is 6.18 Å². The summed E-state index contributed by atoms with van der Waals surface area (Å²) in [7, 11) is 1.21. The Hall–Kier alpha value is -1.79. The summed E-state index contributed by atoms with van der Waals surface area (Å²) in [5.41, 5.74) is -2.30. The Kier molecular flexibility index (Phi) is 5.43. The Morgan fingerprint density at radius 2 is 1.82 bits per heavy atom. The lowest BCUT2D eigenvalue weighted by atomic mass is 10.1. The van der Waals surface area contributed by atoms with Crippen LogP contribution >= 0.6 is 0 Å². The fourth-order valence-electron chi connectivity index (χ4n) is 1.03. The first-order valence-corrected chi connectivity index (χ1v) is 4.76. The Morgan fingerprint density at radius 3 is 2.18 bits per heavy atom. The highest BCUT2D eigenvalue weighted by atomic mass is 19.4. The zero-order valence-electron chi connectivity index (χ0n) is 9.54. The third-order valence-electron chi connectivity index (χ3n) is 1.71. The Bertz CT molecular complexity index is 391. The van der Waals surface area contributed by atoms with E-state index in [-0.39, 0.29) is 5.75 Å². The lowest BCUT2D eigenvalue weighted by molar-refractivity contribution is -0.388. The van der Waals surface area contributed by atoms with Gasteiger partial charge in [0.15, 0.2) is 0 Å². The van der Waals surface area contributed by atoms with Crippen LogP contribution in [-0.4, -0.2) is 12.0 Å². The number of alkyl halides is 3. The van der Waals surface area contributed by atoms with Gasteiger partial charge in [-0.15, -0.1) is 0 Å². The number of benzene rings is 1. The molecule has 0 aliphatic carbocycles. The Labute approximate surface area is 96.2 Å². The molecule has 0 atom stereocenters. The second-order valence-electron chi connectivity index (χ2n) is 2.64. The molecular weight excluding hydrogens is 239 g/mol. The molecule has 0 amide bonds. The van der Waals surface area contributed by atoms with Crippen molar-refractivity contribution in [3.05, 3.63) is 33.9 Å². The van der Waals surface area contributed by atoms with Crippen molar-refractivity contribution in [2.24, 2.45) is 0 Å². The van der Waals surface area contributed by atoms with Gasteiger partial charge in [0.1, 0.15) is 11.3 Å². The number of rotatable bonds is 2. The van der Waals surface area contributed by atoms with E-state index >= 15 is 0 Å². The van der Waals surface area contributed by atoms with Crippen LogP contribution in [0.15, 0.2) is 18.2 Å². The molecule has 1 aromatic rings. The standard InChI is InChI=1S/C8H6F3NO3.C2H6/c1-15-5-2-3-6(8(9,10)11)7(4-5)12(13)14;1-2/h2-4H,1H3;1-2H3. The number of halogens is 3. The highest BCUT2D eigenvalue weighted by Crippen LogP contribution is 2.37. The summed E-state index contributed by atoms with van der Waals surface area (Å²) in [6, 6.07) is 2.38. The van der Waals surface area contributed by atoms with Crippen molar-refractivity contribution in [3.63, 3.8) is 0 Å². The topological polar surface area (TPSA) is 52.4 Å². The van der Waals surface area contributed by atoms with E-state index < -0.39 is 22.4 Å². The quantitative estimate of drug-likeness (QED) is 0.595. The third kappa shape index (κ3) is 3.93. The average molecular weight is 251 g/mol. The normalized spacial score (nSPS) is 10.2. The molecule has 0 saturated heterocycles. The molecule has 0 heterocycles. The molecule has 0 aliphatic rings. The number of nitro groups is 1. The molecular formula is C10H12F3NO3. The molecule has 96 valence electrons. The van der Waals surface area contributed by atoms with E-state index in [1.165, 1.54) is 7.11 Å². The molecule has 0 aliphatic heterocycles. The number of hydrogen-bond acceptors (Lipinski definition) is 3. The van der Waals surface area contributed by atoms with E-state index in [0.717, 1.165) is 12.1 Å². The maximum Gasteiger partial charge on any atom is 0.423 e. The molecule has 1 rings (SSSR count). The van der Waals surface area contributed by atoms with Crippen LogP contribution in [-0.2, 0) is 6.18 Å². The minimum atomic E-state index is -4.74. The van der Waals surface area contributed by atoms with Gasteiger partial charge in [-0.25, -0.2) is 0 Å². The van der Waals surface area contributed by atoms with Crippen molar-refractivity contribution in [1.29, 1.82) is 0 Å². The molecule has 0 aromatic heterocycles. The SMILES string of the molecule is CC.COc1ccc(C(F)(F)F)c([N+](=O)[O-])c1. The van der Waals surface area contributed by atoms with Gasteiger partial charge in [0, 0.05) is 0 Å². The zero-order chi connectivity index (χ0) is 13.6. The van der Waals surface area contributed by atoms with Crippen LogP contribution in [0.3, 0.4) is 0 Å². The van der Waals surface area contributed by atoms with Crippen molar-refractivity contribution in [1.82, 2.24) is 0 Å². The van der Waals surface area contributed by atoms with Gasteiger partial charge in [0.25, 0.3) is 5.69 Å². The van der Waals surface area contributed by atoms with Crippen LogP contribution in [0.25, 0.3) is 0 Å². The molecule has 17 heavy (non-hydrogen) atoms. The first kappa shape index (κ1) is 15.2. The summed E-state index contributed by atoms with van der Waals surface area (Å²) in [6.07, 6.45) is -4.74. The van der Waals surface area contributed by atoms with Gasteiger partial charge in [-0.1, -0.05) is 13.8 Å². The maximum atomic E-state index is 12.3. The molecule has 7 heteroatoms. The van der Waals surface area contributed by atoms with Crippen LogP contribution in [0.2, 0.25) is 0 Å². The number of ether oxygens (including phenoxy) is 1. The number of nitrogens with zero attached hydrogens (tertiary/aromatic N) is 1. The van der Waals surface area contributed by atoms with Gasteiger partial charge < -0.3 is 4.74 Å².